The van der Waals surface area contributed by atoms with E-state index in [0.29, 0.717) is 0 Å². The summed E-state index contributed by atoms with van der Waals surface area (Å²) in [5.74, 6) is -0.357. The summed E-state index contributed by atoms with van der Waals surface area (Å²) in [5, 5.41) is 2.37. The van der Waals surface area contributed by atoms with Crippen molar-refractivity contribution in [3.05, 3.63) is 29.8 Å². The SMILES string of the molecule is Cc1ccc(S(=O)(=O)NCCN2C(=O)CNC2=O)cc1. The van der Waals surface area contributed by atoms with Gasteiger partial charge >= 0.3 is 6.03 Å². The molecule has 0 unspecified atom stereocenters. The molecule has 7 nitrogen and oxygen atoms in total. The summed E-state index contributed by atoms with van der Waals surface area (Å²) < 4.78 is 26.3. The Bertz CT molecular complexity index is 609. The van der Waals surface area contributed by atoms with Gasteiger partial charge in [0.2, 0.25) is 15.9 Å². The number of benzene rings is 1. The zero-order valence-corrected chi connectivity index (χ0v) is 11.7. The van der Waals surface area contributed by atoms with Crippen LogP contribution in [0.4, 0.5) is 4.79 Å². The molecule has 0 spiro atoms. The summed E-state index contributed by atoms with van der Waals surface area (Å²) in [6.07, 6.45) is 0. The summed E-state index contributed by atoms with van der Waals surface area (Å²) in [6, 6.07) is 5.92. The highest BCUT2D eigenvalue weighted by Crippen LogP contribution is 2.09. The van der Waals surface area contributed by atoms with E-state index in [1.165, 1.54) is 12.1 Å². The summed E-state index contributed by atoms with van der Waals surface area (Å²) in [6.45, 7) is 1.82. The number of carbonyl (C=O) groups excluding carboxylic acids is 2. The van der Waals surface area contributed by atoms with E-state index in [1.807, 2.05) is 6.92 Å². The largest absolute Gasteiger partial charge is 0.329 e. The Morgan fingerprint density at radius 3 is 2.45 bits per heavy atom. The van der Waals surface area contributed by atoms with Gasteiger partial charge in [-0.3, -0.25) is 9.69 Å². The van der Waals surface area contributed by atoms with Crippen molar-refractivity contribution >= 4 is 22.0 Å². The predicted molar refractivity (Wildman–Crippen MR) is 71.5 cm³/mol. The number of sulfonamides is 1. The molecule has 0 bridgehead atoms. The van der Waals surface area contributed by atoms with Gasteiger partial charge in [-0.15, -0.1) is 0 Å². The Hall–Kier alpha value is -1.93. The molecule has 1 aliphatic rings. The van der Waals surface area contributed by atoms with Gasteiger partial charge in [0.05, 0.1) is 11.4 Å². The second-order valence-corrected chi connectivity index (χ2v) is 6.18. The zero-order valence-electron chi connectivity index (χ0n) is 10.9. The Kier molecular flexibility index (Phi) is 4.05. The van der Waals surface area contributed by atoms with E-state index in [1.54, 1.807) is 12.1 Å². The zero-order chi connectivity index (χ0) is 14.8. The van der Waals surface area contributed by atoms with Crippen LogP contribution in [0.3, 0.4) is 0 Å². The van der Waals surface area contributed by atoms with Crippen LogP contribution >= 0.6 is 0 Å². The van der Waals surface area contributed by atoms with Crippen molar-refractivity contribution in [2.75, 3.05) is 19.6 Å². The van der Waals surface area contributed by atoms with Crippen molar-refractivity contribution in [3.63, 3.8) is 0 Å². The first-order chi connectivity index (χ1) is 9.40. The molecule has 0 saturated carbocycles. The molecule has 1 aromatic rings. The highest BCUT2D eigenvalue weighted by atomic mass is 32.2. The van der Waals surface area contributed by atoms with Gasteiger partial charge in [-0.2, -0.15) is 0 Å². The molecule has 1 aromatic carbocycles. The molecule has 1 saturated heterocycles. The summed E-state index contributed by atoms with van der Waals surface area (Å²) >= 11 is 0. The number of aryl methyl sites for hydroxylation is 1. The Morgan fingerprint density at radius 2 is 1.90 bits per heavy atom. The van der Waals surface area contributed by atoms with Crippen LogP contribution in [0, 0.1) is 6.92 Å². The standard InChI is InChI=1S/C12H15N3O4S/c1-9-2-4-10(5-3-9)20(18,19)14-6-7-15-11(16)8-13-12(15)17/h2-5,14H,6-8H2,1H3,(H,13,17). The van der Waals surface area contributed by atoms with E-state index >= 15 is 0 Å². The van der Waals surface area contributed by atoms with Gasteiger partial charge in [-0.1, -0.05) is 17.7 Å². The molecule has 2 N–H and O–H groups in total. The van der Waals surface area contributed by atoms with Crippen LogP contribution in [0.25, 0.3) is 0 Å². The van der Waals surface area contributed by atoms with Crippen LogP contribution in [0.1, 0.15) is 5.56 Å². The fraction of sp³-hybridized carbons (Fsp3) is 0.333. The molecule has 1 aliphatic heterocycles. The average Bonchev–Trinajstić information content (AvgIpc) is 2.71. The second-order valence-electron chi connectivity index (χ2n) is 4.41. The van der Waals surface area contributed by atoms with Crippen molar-refractivity contribution < 1.29 is 18.0 Å². The first-order valence-electron chi connectivity index (χ1n) is 6.05. The lowest BCUT2D eigenvalue weighted by molar-refractivity contribution is -0.124. The third kappa shape index (κ3) is 3.14. The van der Waals surface area contributed by atoms with E-state index in [2.05, 4.69) is 10.0 Å². The first-order valence-corrected chi connectivity index (χ1v) is 7.53. The lowest BCUT2D eigenvalue weighted by atomic mass is 10.2. The number of imide groups is 1. The van der Waals surface area contributed by atoms with Gasteiger partial charge < -0.3 is 5.32 Å². The van der Waals surface area contributed by atoms with Crippen LogP contribution in [0.2, 0.25) is 0 Å². The molecule has 0 radical (unpaired) electrons. The van der Waals surface area contributed by atoms with Crippen LogP contribution in [-0.2, 0) is 14.8 Å². The first kappa shape index (κ1) is 14.5. The summed E-state index contributed by atoms with van der Waals surface area (Å²) in [5.41, 5.74) is 0.961. The summed E-state index contributed by atoms with van der Waals surface area (Å²) in [4.78, 5) is 23.7. The van der Waals surface area contributed by atoms with Crippen LogP contribution < -0.4 is 10.0 Å². The number of nitrogens with zero attached hydrogens (tertiary/aromatic N) is 1. The molecule has 1 fully saturated rings. The minimum atomic E-state index is -3.62. The van der Waals surface area contributed by atoms with Crippen LogP contribution in [0.5, 0.6) is 0 Å². The number of carbonyl (C=O) groups is 2. The Balaban J connectivity index is 1.94. The minimum absolute atomic E-state index is 0.00968. The number of amides is 3. The van der Waals surface area contributed by atoms with E-state index < -0.39 is 16.1 Å². The van der Waals surface area contributed by atoms with E-state index in [0.717, 1.165) is 10.5 Å². The molecule has 0 atom stereocenters. The maximum Gasteiger partial charge on any atom is 0.324 e. The molecule has 2 rings (SSSR count). The summed E-state index contributed by atoms with van der Waals surface area (Å²) in [7, 11) is -3.62. The van der Waals surface area contributed by atoms with Gasteiger partial charge in [-0.25, -0.2) is 17.9 Å². The molecule has 0 aromatic heterocycles. The number of urea groups is 1. The third-order valence-corrected chi connectivity index (χ3v) is 4.37. The highest BCUT2D eigenvalue weighted by Gasteiger charge is 2.28. The van der Waals surface area contributed by atoms with Crippen LogP contribution in [0.15, 0.2) is 29.2 Å². The lowest BCUT2D eigenvalue weighted by Crippen LogP contribution is -2.38. The van der Waals surface area contributed by atoms with Crippen molar-refractivity contribution in [2.24, 2.45) is 0 Å². The van der Waals surface area contributed by atoms with Crippen molar-refractivity contribution in [3.8, 4) is 0 Å². The third-order valence-electron chi connectivity index (χ3n) is 2.90. The van der Waals surface area contributed by atoms with E-state index in [9.17, 15) is 18.0 Å². The minimum Gasteiger partial charge on any atom is -0.329 e. The maximum absolute atomic E-state index is 12.0. The van der Waals surface area contributed by atoms with Gasteiger partial charge in [0, 0.05) is 13.1 Å². The maximum atomic E-state index is 12.0. The van der Waals surface area contributed by atoms with E-state index in [4.69, 9.17) is 0 Å². The number of rotatable bonds is 5. The van der Waals surface area contributed by atoms with Crippen molar-refractivity contribution in [1.82, 2.24) is 14.9 Å². The van der Waals surface area contributed by atoms with Gasteiger partial charge in [0.15, 0.2) is 0 Å². The highest BCUT2D eigenvalue weighted by molar-refractivity contribution is 7.89. The normalized spacial score (nSPS) is 15.6. The molecule has 108 valence electrons. The Morgan fingerprint density at radius 1 is 1.25 bits per heavy atom. The average molecular weight is 297 g/mol. The van der Waals surface area contributed by atoms with E-state index in [-0.39, 0.29) is 30.4 Å². The topological polar surface area (TPSA) is 95.6 Å². The van der Waals surface area contributed by atoms with Crippen molar-refractivity contribution in [1.29, 1.82) is 0 Å². The molecule has 20 heavy (non-hydrogen) atoms. The molecular formula is C12H15N3O4S. The molecule has 1 heterocycles. The Labute approximate surface area is 117 Å². The monoisotopic (exact) mass is 297 g/mol. The smallest absolute Gasteiger partial charge is 0.324 e. The van der Waals surface area contributed by atoms with Gasteiger partial charge in [-0.05, 0) is 19.1 Å². The van der Waals surface area contributed by atoms with Gasteiger partial charge in [0.25, 0.3) is 0 Å². The van der Waals surface area contributed by atoms with Crippen LogP contribution in [-0.4, -0.2) is 44.9 Å². The molecule has 3 amide bonds. The predicted octanol–water partition coefficient (Wildman–Crippen LogP) is -0.175. The molecule has 8 heteroatoms. The lowest BCUT2D eigenvalue weighted by Gasteiger charge is -2.13. The van der Waals surface area contributed by atoms with Gasteiger partial charge in [0.1, 0.15) is 0 Å². The number of hydrogen-bond donors (Lipinski definition) is 2. The number of hydrogen-bond acceptors (Lipinski definition) is 4. The van der Waals surface area contributed by atoms with Crippen molar-refractivity contribution in [2.45, 2.75) is 11.8 Å². The number of nitrogens with one attached hydrogen (secondary N) is 2. The fourth-order valence-electron chi connectivity index (χ4n) is 1.77. The fourth-order valence-corrected chi connectivity index (χ4v) is 2.80. The molecule has 0 aliphatic carbocycles. The quantitative estimate of drug-likeness (QED) is 0.737. The molecular weight excluding hydrogens is 282 g/mol. The second kappa shape index (κ2) is 5.59.